The first-order valence-corrected chi connectivity index (χ1v) is 11.1. The Balaban J connectivity index is 2.15. The van der Waals surface area contributed by atoms with Gasteiger partial charge in [-0.2, -0.15) is 0 Å². The maximum atomic E-state index is 11.6. The van der Waals surface area contributed by atoms with Crippen molar-refractivity contribution in [1.82, 2.24) is 10.6 Å². The van der Waals surface area contributed by atoms with Gasteiger partial charge in [-0.3, -0.25) is 9.59 Å². The molecule has 10 heteroatoms. The van der Waals surface area contributed by atoms with Gasteiger partial charge in [-0.15, -0.1) is 23.5 Å². The number of hydrogen-bond donors (Lipinski definition) is 2. The summed E-state index contributed by atoms with van der Waals surface area (Å²) in [6.45, 7) is 5.08. The third-order valence-corrected chi connectivity index (χ3v) is 4.93. The van der Waals surface area contributed by atoms with E-state index in [1.807, 2.05) is 0 Å². The van der Waals surface area contributed by atoms with Crippen LogP contribution in [0, 0.1) is 0 Å². The second kappa shape index (κ2) is 17.9. The van der Waals surface area contributed by atoms with Crippen LogP contribution in [-0.4, -0.2) is 101 Å². The van der Waals surface area contributed by atoms with Gasteiger partial charge in [-0.25, -0.2) is 0 Å². The molecule has 0 atom stereocenters. The molecule has 26 heavy (non-hydrogen) atoms. The number of rotatable bonds is 0. The van der Waals surface area contributed by atoms with E-state index in [1.165, 1.54) is 23.5 Å². The zero-order chi connectivity index (χ0) is 18.7. The van der Waals surface area contributed by atoms with E-state index in [0.29, 0.717) is 77.5 Å². The number of thioether (sulfide) groups is 2. The van der Waals surface area contributed by atoms with E-state index in [4.69, 9.17) is 18.9 Å². The zero-order valence-corrected chi connectivity index (χ0v) is 16.8. The highest BCUT2D eigenvalue weighted by Gasteiger charge is 2.03. The van der Waals surface area contributed by atoms with E-state index in [0.717, 1.165) is 11.5 Å². The first kappa shape index (κ1) is 23.5. The second-order valence-corrected chi connectivity index (χ2v) is 7.46. The van der Waals surface area contributed by atoms with Gasteiger partial charge in [0.1, 0.15) is 0 Å². The number of hydrogen-bond acceptors (Lipinski definition) is 8. The summed E-state index contributed by atoms with van der Waals surface area (Å²) in [6.07, 6.45) is 0. The molecule has 1 aliphatic rings. The molecule has 1 fully saturated rings. The first-order chi connectivity index (χ1) is 12.8. The summed E-state index contributed by atoms with van der Waals surface area (Å²) in [5, 5.41) is 5.62. The SMILES string of the molecule is O=C1CSCCOCCSCC(=O)NCCOCCOCCOCCN1. The fraction of sp³-hybridized carbons (Fsp3) is 0.875. The third-order valence-electron chi connectivity index (χ3n) is 3.09. The van der Waals surface area contributed by atoms with E-state index in [9.17, 15) is 9.59 Å². The molecule has 0 radical (unpaired) electrons. The quantitative estimate of drug-likeness (QED) is 0.565. The number of carbonyl (C=O) groups is 2. The van der Waals surface area contributed by atoms with Gasteiger partial charge in [-0.05, 0) is 0 Å². The van der Waals surface area contributed by atoms with E-state index < -0.39 is 0 Å². The molecule has 152 valence electrons. The van der Waals surface area contributed by atoms with E-state index >= 15 is 0 Å². The lowest BCUT2D eigenvalue weighted by Gasteiger charge is -2.09. The predicted molar refractivity (Wildman–Crippen MR) is 104 cm³/mol. The third kappa shape index (κ3) is 15.7. The molecule has 2 N–H and O–H groups in total. The molecule has 0 saturated carbocycles. The lowest BCUT2D eigenvalue weighted by atomic mass is 10.6. The van der Waals surface area contributed by atoms with Crippen LogP contribution in [0.3, 0.4) is 0 Å². The average molecular weight is 411 g/mol. The van der Waals surface area contributed by atoms with Gasteiger partial charge in [-0.1, -0.05) is 0 Å². The van der Waals surface area contributed by atoms with Crippen LogP contribution in [0.1, 0.15) is 0 Å². The Kier molecular flexibility index (Phi) is 16.2. The van der Waals surface area contributed by atoms with Crippen molar-refractivity contribution in [1.29, 1.82) is 0 Å². The molecule has 0 aromatic rings. The number of amides is 2. The standard InChI is InChI=1S/C16H30N2O6S2/c19-15-13-25-11-9-24-10-12-26-14-16(20)18-2-4-22-6-8-23-7-5-21-3-1-17-15/h1-14H2,(H,17,19)(H,18,20). The van der Waals surface area contributed by atoms with Crippen LogP contribution in [0.4, 0.5) is 0 Å². The van der Waals surface area contributed by atoms with Gasteiger partial charge >= 0.3 is 0 Å². The Morgan fingerprint density at radius 3 is 1.42 bits per heavy atom. The molecule has 0 spiro atoms. The number of ether oxygens (including phenoxy) is 4. The summed E-state index contributed by atoms with van der Waals surface area (Å²) in [7, 11) is 0. The monoisotopic (exact) mass is 410 g/mol. The van der Waals surface area contributed by atoms with Crippen molar-refractivity contribution in [2.45, 2.75) is 0 Å². The molecule has 1 aliphatic heterocycles. The second-order valence-electron chi connectivity index (χ2n) is 5.25. The summed E-state index contributed by atoms with van der Waals surface area (Å²) in [5.41, 5.74) is 0. The molecular weight excluding hydrogens is 380 g/mol. The average Bonchev–Trinajstić information content (AvgIpc) is 2.63. The number of carbonyl (C=O) groups excluding carboxylic acids is 2. The highest BCUT2D eigenvalue weighted by Crippen LogP contribution is 2.01. The zero-order valence-electron chi connectivity index (χ0n) is 15.2. The molecular formula is C16H30N2O6S2. The first-order valence-electron chi connectivity index (χ1n) is 8.79. The van der Waals surface area contributed by atoms with Crippen molar-refractivity contribution in [2.75, 3.05) is 89.0 Å². The molecule has 1 rings (SSSR count). The Hall–Kier alpha value is -0.520. The Morgan fingerprint density at radius 2 is 0.962 bits per heavy atom. The summed E-state index contributed by atoms with van der Waals surface area (Å²) in [4.78, 5) is 23.2. The summed E-state index contributed by atoms with van der Waals surface area (Å²) in [5.74, 6) is 2.38. The van der Waals surface area contributed by atoms with Gasteiger partial charge < -0.3 is 29.6 Å². The molecule has 1 heterocycles. The maximum Gasteiger partial charge on any atom is 0.230 e. The molecule has 0 aromatic carbocycles. The Morgan fingerprint density at radius 1 is 0.577 bits per heavy atom. The van der Waals surface area contributed by atoms with E-state index in [-0.39, 0.29) is 11.8 Å². The van der Waals surface area contributed by atoms with Crippen molar-refractivity contribution in [3.8, 4) is 0 Å². The molecule has 8 nitrogen and oxygen atoms in total. The van der Waals surface area contributed by atoms with Crippen LogP contribution in [0.15, 0.2) is 0 Å². The molecule has 0 bridgehead atoms. The van der Waals surface area contributed by atoms with Crippen LogP contribution in [0.25, 0.3) is 0 Å². The van der Waals surface area contributed by atoms with Crippen LogP contribution in [0.5, 0.6) is 0 Å². The molecule has 1 saturated heterocycles. The smallest absolute Gasteiger partial charge is 0.230 e. The van der Waals surface area contributed by atoms with Crippen LogP contribution < -0.4 is 10.6 Å². The highest BCUT2D eigenvalue weighted by molar-refractivity contribution is 8.00. The van der Waals surface area contributed by atoms with Crippen LogP contribution in [-0.2, 0) is 28.5 Å². The van der Waals surface area contributed by atoms with Gasteiger partial charge in [0.2, 0.25) is 11.8 Å². The lowest BCUT2D eigenvalue weighted by Crippen LogP contribution is -2.29. The maximum absolute atomic E-state index is 11.6. The van der Waals surface area contributed by atoms with Crippen molar-refractivity contribution in [2.24, 2.45) is 0 Å². The van der Waals surface area contributed by atoms with Gasteiger partial charge in [0.25, 0.3) is 0 Å². The van der Waals surface area contributed by atoms with E-state index in [1.54, 1.807) is 0 Å². The largest absolute Gasteiger partial charge is 0.380 e. The normalized spacial score (nSPS) is 22.6. The minimum absolute atomic E-state index is 0.00280. The minimum Gasteiger partial charge on any atom is -0.380 e. The summed E-state index contributed by atoms with van der Waals surface area (Å²) >= 11 is 3.08. The highest BCUT2D eigenvalue weighted by atomic mass is 32.2. The van der Waals surface area contributed by atoms with Gasteiger partial charge in [0.05, 0.1) is 64.4 Å². The molecule has 0 unspecified atom stereocenters. The van der Waals surface area contributed by atoms with Crippen LogP contribution >= 0.6 is 23.5 Å². The molecule has 0 aromatic heterocycles. The van der Waals surface area contributed by atoms with Crippen LogP contribution in [0.2, 0.25) is 0 Å². The fourth-order valence-corrected chi connectivity index (χ4v) is 3.17. The Labute approximate surface area is 163 Å². The summed E-state index contributed by atoms with van der Waals surface area (Å²) in [6, 6.07) is 0. The Bertz CT molecular complexity index is 345. The molecule has 0 aliphatic carbocycles. The van der Waals surface area contributed by atoms with E-state index in [2.05, 4.69) is 10.6 Å². The number of nitrogens with one attached hydrogen (secondary N) is 2. The fourth-order valence-electron chi connectivity index (χ4n) is 1.84. The van der Waals surface area contributed by atoms with Crippen molar-refractivity contribution in [3.63, 3.8) is 0 Å². The van der Waals surface area contributed by atoms with Gasteiger partial charge in [0, 0.05) is 24.6 Å². The van der Waals surface area contributed by atoms with Gasteiger partial charge in [0.15, 0.2) is 0 Å². The minimum atomic E-state index is 0.00280. The van der Waals surface area contributed by atoms with Crippen molar-refractivity contribution < 1.29 is 28.5 Å². The predicted octanol–water partition coefficient (Wildman–Crippen LogP) is -0.235. The van der Waals surface area contributed by atoms with Crippen molar-refractivity contribution >= 4 is 35.3 Å². The van der Waals surface area contributed by atoms with Crippen molar-refractivity contribution in [3.05, 3.63) is 0 Å². The lowest BCUT2D eigenvalue weighted by molar-refractivity contribution is -0.119. The summed E-state index contributed by atoms with van der Waals surface area (Å²) < 4.78 is 21.6. The topological polar surface area (TPSA) is 95.1 Å². The molecule has 2 amide bonds.